The minimum absolute atomic E-state index is 0.0510. The van der Waals surface area contributed by atoms with Gasteiger partial charge in [0, 0.05) is 12.2 Å². The van der Waals surface area contributed by atoms with E-state index in [9.17, 15) is 4.79 Å². The second-order valence-electron chi connectivity index (χ2n) is 4.82. The summed E-state index contributed by atoms with van der Waals surface area (Å²) in [7, 11) is 4.00. The van der Waals surface area contributed by atoms with Crippen LogP contribution in [0.4, 0.5) is 10.5 Å². The minimum Gasteiger partial charge on any atom is -0.394 e. The molecule has 0 aliphatic rings. The molecule has 0 radical (unpaired) electrons. The summed E-state index contributed by atoms with van der Waals surface area (Å²) in [6.45, 7) is 2.69. The van der Waals surface area contributed by atoms with Crippen molar-refractivity contribution in [2.45, 2.75) is 25.9 Å². The molecule has 0 aliphatic carbocycles. The third kappa shape index (κ3) is 5.72. The highest BCUT2D eigenvalue weighted by Gasteiger charge is 2.09. The molecule has 0 aliphatic heterocycles. The van der Waals surface area contributed by atoms with Gasteiger partial charge in [-0.25, -0.2) is 4.79 Å². The van der Waals surface area contributed by atoms with Crippen molar-refractivity contribution in [2.75, 3.05) is 26.0 Å². The Morgan fingerprint density at radius 3 is 2.74 bits per heavy atom. The van der Waals surface area contributed by atoms with E-state index in [1.807, 2.05) is 45.3 Å². The standard InChI is InChI=1S/C14H23N3O2/c1-4-12(10-18)15-14(19)16-13-7-5-6-11(8-13)9-17(2)3/h5-8,12,18H,4,9-10H2,1-3H3,(H2,15,16,19). The zero-order chi connectivity index (χ0) is 14.3. The second kappa shape index (κ2) is 7.76. The molecule has 1 atom stereocenters. The van der Waals surface area contributed by atoms with E-state index in [1.165, 1.54) is 0 Å². The van der Waals surface area contributed by atoms with Gasteiger partial charge in [-0.05, 0) is 38.2 Å². The molecule has 5 heteroatoms. The van der Waals surface area contributed by atoms with Crippen LogP contribution in [0.25, 0.3) is 0 Å². The van der Waals surface area contributed by atoms with Crippen molar-refractivity contribution in [1.29, 1.82) is 0 Å². The Kier molecular flexibility index (Phi) is 6.32. The van der Waals surface area contributed by atoms with Crippen LogP contribution in [0.3, 0.4) is 0 Å². The van der Waals surface area contributed by atoms with Crippen LogP contribution in [0, 0.1) is 0 Å². The van der Waals surface area contributed by atoms with Crippen molar-refractivity contribution in [3.05, 3.63) is 29.8 Å². The van der Waals surface area contributed by atoms with Gasteiger partial charge < -0.3 is 20.6 Å². The van der Waals surface area contributed by atoms with Crippen LogP contribution in [-0.2, 0) is 6.54 Å². The zero-order valence-corrected chi connectivity index (χ0v) is 11.8. The number of rotatable bonds is 6. The van der Waals surface area contributed by atoms with Crippen LogP contribution in [0.1, 0.15) is 18.9 Å². The number of nitrogens with zero attached hydrogens (tertiary/aromatic N) is 1. The molecular weight excluding hydrogens is 242 g/mol. The van der Waals surface area contributed by atoms with Crippen molar-refractivity contribution in [2.24, 2.45) is 0 Å². The Hall–Kier alpha value is -1.59. The zero-order valence-electron chi connectivity index (χ0n) is 11.8. The Bertz CT molecular complexity index is 403. The summed E-state index contributed by atoms with van der Waals surface area (Å²) in [5, 5.41) is 14.5. The lowest BCUT2D eigenvalue weighted by atomic mass is 10.2. The average Bonchev–Trinajstić information content (AvgIpc) is 2.35. The maximum absolute atomic E-state index is 11.7. The number of amides is 2. The summed E-state index contributed by atoms with van der Waals surface area (Å²) in [5.74, 6) is 0. The van der Waals surface area contributed by atoms with Gasteiger partial charge in [-0.3, -0.25) is 0 Å². The van der Waals surface area contributed by atoms with Crippen LogP contribution in [0.2, 0.25) is 0 Å². The first-order valence-electron chi connectivity index (χ1n) is 6.47. The maximum atomic E-state index is 11.7. The first-order chi connectivity index (χ1) is 9.05. The Balaban J connectivity index is 2.59. The summed E-state index contributed by atoms with van der Waals surface area (Å²) in [4.78, 5) is 13.8. The molecule has 3 N–H and O–H groups in total. The molecule has 5 nitrogen and oxygen atoms in total. The Morgan fingerprint density at radius 1 is 1.42 bits per heavy atom. The second-order valence-corrected chi connectivity index (χ2v) is 4.82. The first-order valence-corrected chi connectivity index (χ1v) is 6.47. The number of urea groups is 1. The van der Waals surface area contributed by atoms with E-state index < -0.39 is 0 Å². The largest absolute Gasteiger partial charge is 0.394 e. The monoisotopic (exact) mass is 265 g/mol. The van der Waals surface area contributed by atoms with Gasteiger partial charge in [-0.15, -0.1) is 0 Å². The Morgan fingerprint density at radius 2 is 2.16 bits per heavy atom. The molecule has 0 aromatic heterocycles. The van der Waals surface area contributed by atoms with Crippen LogP contribution >= 0.6 is 0 Å². The molecule has 0 bridgehead atoms. The van der Waals surface area contributed by atoms with Crippen molar-refractivity contribution in [3.8, 4) is 0 Å². The third-order valence-electron chi connectivity index (χ3n) is 2.73. The van der Waals surface area contributed by atoms with E-state index >= 15 is 0 Å². The van der Waals surface area contributed by atoms with E-state index in [1.54, 1.807) is 0 Å². The van der Waals surface area contributed by atoms with Crippen molar-refractivity contribution >= 4 is 11.7 Å². The number of nitrogens with one attached hydrogen (secondary N) is 2. The molecule has 1 rings (SSSR count). The van der Waals surface area contributed by atoms with E-state index in [2.05, 4.69) is 15.5 Å². The molecular formula is C14H23N3O2. The molecule has 19 heavy (non-hydrogen) atoms. The topological polar surface area (TPSA) is 64.6 Å². The predicted molar refractivity (Wildman–Crippen MR) is 77.2 cm³/mol. The third-order valence-corrected chi connectivity index (χ3v) is 2.73. The number of hydrogen-bond acceptors (Lipinski definition) is 3. The Labute approximate surface area is 114 Å². The molecule has 0 heterocycles. The number of benzene rings is 1. The van der Waals surface area contributed by atoms with E-state index in [0.29, 0.717) is 6.42 Å². The highest BCUT2D eigenvalue weighted by Crippen LogP contribution is 2.11. The molecule has 0 saturated carbocycles. The van der Waals surface area contributed by atoms with Gasteiger partial charge in [0.05, 0.1) is 12.6 Å². The molecule has 0 spiro atoms. The van der Waals surface area contributed by atoms with Crippen molar-refractivity contribution in [3.63, 3.8) is 0 Å². The number of carbonyl (C=O) groups excluding carboxylic acids is 1. The van der Waals surface area contributed by atoms with Gasteiger partial charge in [0.1, 0.15) is 0 Å². The fraction of sp³-hybridized carbons (Fsp3) is 0.500. The fourth-order valence-electron chi connectivity index (χ4n) is 1.74. The smallest absolute Gasteiger partial charge is 0.319 e. The normalized spacial score (nSPS) is 12.3. The summed E-state index contributed by atoms with van der Waals surface area (Å²) in [6, 6.07) is 7.23. The molecule has 1 aromatic rings. The quantitative estimate of drug-likeness (QED) is 0.732. The average molecular weight is 265 g/mol. The SMILES string of the molecule is CCC(CO)NC(=O)Nc1cccc(CN(C)C)c1. The van der Waals surface area contributed by atoms with Crippen molar-refractivity contribution in [1.82, 2.24) is 10.2 Å². The highest BCUT2D eigenvalue weighted by molar-refractivity contribution is 5.89. The van der Waals surface area contributed by atoms with Crippen LogP contribution in [0.5, 0.6) is 0 Å². The predicted octanol–water partition coefficient (Wildman–Crippen LogP) is 1.64. The van der Waals surface area contributed by atoms with Crippen molar-refractivity contribution < 1.29 is 9.90 Å². The molecule has 1 aromatic carbocycles. The fourth-order valence-corrected chi connectivity index (χ4v) is 1.74. The van der Waals surface area contributed by atoms with Gasteiger partial charge >= 0.3 is 6.03 Å². The van der Waals surface area contributed by atoms with E-state index in [-0.39, 0.29) is 18.7 Å². The molecule has 1 unspecified atom stereocenters. The summed E-state index contributed by atoms with van der Waals surface area (Å²) < 4.78 is 0. The van der Waals surface area contributed by atoms with E-state index in [4.69, 9.17) is 5.11 Å². The maximum Gasteiger partial charge on any atom is 0.319 e. The highest BCUT2D eigenvalue weighted by atomic mass is 16.3. The lowest BCUT2D eigenvalue weighted by molar-refractivity contribution is 0.222. The van der Waals surface area contributed by atoms with Crippen LogP contribution in [-0.4, -0.2) is 42.8 Å². The molecule has 106 valence electrons. The van der Waals surface area contributed by atoms with Crippen LogP contribution in [0.15, 0.2) is 24.3 Å². The summed E-state index contributed by atoms with van der Waals surface area (Å²) in [6.07, 6.45) is 0.699. The van der Waals surface area contributed by atoms with Gasteiger partial charge in [0.2, 0.25) is 0 Å². The number of aliphatic hydroxyl groups is 1. The number of anilines is 1. The lowest BCUT2D eigenvalue weighted by Gasteiger charge is -2.15. The van der Waals surface area contributed by atoms with Crippen LogP contribution < -0.4 is 10.6 Å². The molecule has 0 fully saturated rings. The van der Waals surface area contributed by atoms with Gasteiger partial charge in [-0.2, -0.15) is 0 Å². The summed E-state index contributed by atoms with van der Waals surface area (Å²) in [5.41, 5.74) is 1.89. The summed E-state index contributed by atoms with van der Waals surface area (Å²) >= 11 is 0. The van der Waals surface area contributed by atoms with Gasteiger partial charge in [0.25, 0.3) is 0 Å². The molecule has 0 saturated heterocycles. The lowest BCUT2D eigenvalue weighted by Crippen LogP contribution is -2.39. The van der Waals surface area contributed by atoms with Gasteiger partial charge in [0.15, 0.2) is 0 Å². The number of carbonyl (C=O) groups is 1. The first kappa shape index (κ1) is 15.5. The minimum atomic E-state index is -0.289. The molecule has 2 amide bonds. The number of aliphatic hydroxyl groups excluding tert-OH is 1. The number of hydrogen-bond donors (Lipinski definition) is 3. The van der Waals surface area contributed by atoms with Gasteiger partial charge in [-0.1, -0.05) is 19.1 Å². The van der Waals surface area contributed by atoms with E-state index in [0.717, 1.165) is 17.8 Å².